The smallest absolute Gasteiger partial charge is 0.163 e. The molecule has 1 aromatic rings. The van der Waals surface area contributed by atoms with E-state index in [1.165, 1.54) is 0 Å². The van der Waals surface area contributed by atoms with Crippen LogP contribution in [0.4, 0.5) is 5.69 Å². The fraction of sp³-hybridized carbons (Fsp3) is 0.571. The molecule has 1 heterocycles. The van der Waals surface area contributed by atoms with Crippen molar-refractivity contribution in [2.45, 2.75) is 33.2 Å². The van der Waals surface area contributed by atoms with E-state index in [0.717, 1.165) is 23.6 Å². The number of anilines is 1. The van der Waals surface area contributed by atoms with Gasteiger partial charge in [0.05, 0.1) is 0 Å². The van der Waals surface area contributed by atoms with Crippen LogP contribution in [0.25, 0.3) is 0 Å². The normalized spacial score (nSPS) is 15.8. The van der Waals surface area contributed by atoms with E-state index in [1.54, 1.807) is 0 Å². The quantitative estimate of drug-likeness (QED) is 0.868. The maximum Gasteiger partial charge on any atom is 0.163 e. The Hall–Kier alpha value is -1.38. The van der Waals surface area contributed by atoms with Gasteiger partial charge in [-0.2, -0.15) is 0 Å². The van der Waals surface area contributed by atoms with Crippen molar-refractivity contribution in [3.8, 4) is 11.5 Å². The maximum absolute atomic E-state index is 5.56. The first-order valence-electron chi connectivity index (χ1n) is 6.31. The van der Waals surface area contributed by atoms with Gasteiger partial charge in [-0.3, -0.25) is 0 Å². The van der Waals surface area contributed by atoms with Gasteiger partial charge in [0.2, 0.25) is 0 Å². The van der Waals surface area contributed by atoms with Crippen LogP contribution in [0, 0.1) is 5.92 Å². The highest BCUT2D eigenvalue weighted by atomic mass is 16.6. The second kappa shape index (κ2) is 5.30. The summed E-state index contributed by atoms with van der Waals surface area (Å²) in [5.41, 5.74) is 1.10. The Morgan fingerprint density at radius 3 is 2.53 bits per heavy atom. The molecule has 0 fully saturated rings. The van der Waals surface area contributed by atoms with Crippen LogP contribution in [0.1, 0.15) is 27.2 Å². The van der Waals surface area contributed by atoms with Crippen LogP contribution >= 0.6 is 0 Å². The van der Waals surface area contributed by atoms with Crippen LogP contribution < -0.4 is 14.8 Å². The average molecular weight is 235 g/mol. The lowest BCUT2D eigenvalue weighted by Gasteiger charge is -2.21. The minimum Gasteiger partial charge on any atom is -0.486 e. The molecule has 0 bridgehead atoms. The lowest BCUT2D eigenvalue weighted by molar-refractivity contribution is 0.171. The third-order valence-corrected chi connectivity index (χ3v) is 2.78. The van der Waals surface area contributed by atoms with Gasteiger partial charge in [-0.25, -0.2) is 0 Å². The predicted octanol–water partition coefficient (Wildman–Crippen LogP) is 3.30. The van der Waals surface area contributed by atoms with E-state index in [1.807, 2.05) is 18.2 Å². The summed E-state index contributed by atoms with van der Waals surface area (Å²) in [6.07, 6.45) is 1.16. The number of rotatable bonds is 4. The molecule has 1 N–H and O–H groups in total. The van der Waals surface area contributed by atoms with E-state index in [2.05, 4.69) is 26.1 Å². The van der Waals surface area contributed by atoms with E-state index in [0.29, 0.717) is 25.2 Å². The third-order valence-electron chi connectivity index (χ3n) is 2.78. The summed E-state index contributed by atoms with van der Waals surface area (Å²) in [7, 11) is 0. The number of nitrogens with one attached hydrogen (secondary N) is 1. The summed E-state index contributed by atoms with van der Waals surface area (Å²) < 4.78 is 11.1. The molecule has 1 aliphatic rings. The molecule has 3 nitrogen and oxygen atoms in total. The van der Waals surface area contributed by atoms with Crippen molar-refractivity contribution in [3.05, 3.63) is 18.2 Å². The molecule has 0 saturated carbocycles. The molecule has 0 spiro atoms. The monoisotopic (exact) mass is 235 g/mol. The minimum atomic E-state index is 0.470. The van der Waals surface area contributed by atoms with Gasteiger partial charge in [0.25, 0.3) is 0 Å². The largest absolute Gasteiger partial charge is 0.486 e. The molecule has 0 aliphatic carbocycles. The second-order valence-electron chi connectivity index (χ2n) is 5.03. The highest BCUT2D eigenvalue weighted by Crippen LogP contribution is 2.32. The van der Waals surface area contributed by atoms with Gasteiger partial charge in [-0.1, -0.05) is 13.8 Å². The van der Waals surface area contributed by atoms with Crippen LogP contribution in [-0.2, 0) is 0 Å². The number of fused-ring (bicyclic) bond motifs is 1. The topological polar surface area (TPSA) is 30.5 Å². The zero-order chi connectivity index (χ0) is 12.3. The lowest BCUT2D eigenvalue weighted by atomic mass is 10.1. The first-order valence-corrected chi connectivity index (χ1v) is 6.31. The van der Waals surface area contributed by atoms with Gasteiger partial charge in [0.1, 0.15) is 13.2 Å². The molecule has 17 heavy (non-hydrogen) atoms. The Bertz CT molecular complexity index is 376. The Kier molecular flexibility index (Phi) is 3.77. The summed E-state index contributed by atoms with van der Waals surface area (Å²) in [6.45, 7) is 7.96. The third kappa shape index (κ3) is 3.29. The second-order valence-corrected chi connectivity index (χ2v) is 5.03. The fourth-order valence-electron chi connectivity index (χ4n) is 2.18. The SMILES string of the molecule is CC(C)CC(C)Nc1ccc2c(c1)OCCO2. The molecule has 1 aromatic carbocycles. The number of hydrogen-bond donors (Lipinski definition) is 1. The van der Waals surface area contributed by atoms with Crippen LogP contribution in [0.3, 0.4) is 0 Å². The summed E-state index contributed by atoms with van der Waals surface area (Å²) >= 11 is 0. The molecule has 1 atom stereocenters. The van der Waals surface area contributed by atoms with Crippen LogP contribution in [-0.4, -0.2) is 19.3 Å². The predicted molar refractivity (Wildman–Crippen MR) is 70.0 cm³/mol. The highest BCUT2D eigenvalue weighted by molar-refractivity contribution is 5.55. The van der Waals surface area contributed by atoms with Gasteiger partial charge in [-0.15, -0.1) is 0 Å². The first-order chi connectivity index (χ1) is 8.15. The van der Waals surface area contributed by atoms with Gasteiger partial charge >= 0.3 is 0 Å². The van der Waals surface area contributed by atoms with E-state index < -0.39 is 0 Å². The minimum absolute atomic E-state index is 0.470. The van der Waals surface area contributed by atoms with Crippen molar-refractivity contribution < 1.29 is 9.47 Å². The summed E-state index contributed by atoms with van der Waals surface area (Å²) in [5, 5.41) is 3.49. The molecule has 0 amide bonds. The Morgan fingerprint density at radius 2 is 1.82 bits per heavy atom. The van der Waals surface area contributed by atoms with Crippen molar-refractivity contribution in [1.82, 2.24) is 0 Å². The summed E-state index contributed by atoms with van der Waals surface area (Å²) in [6, 6.07) is 6.51. The molecule has 1 aliphatic heterocycles. The molecule has 0 aromatic heterocycles. The molecule has 0 saturated heterocycles. The zero-order valence-electron chi connectivity index (χ0n) is 10.8. The van der Waals surface area contributed by atoms with E-state index >= 15 is 0 Å². The van der Waals surface area contributed by atoms with E-state index in [-0.39, 0.29) is 0 Å². The molecule has 94 valence electrons. The van der Waals surface area contributed by atoms with Crippen LogP contribution in [0.15, 0.2) is 18.2 Å². The molecular weight excluding hydrogens is 214 g/mol. The van der Waals surface area contributed by atoms with Crippen LogP contribution in [0.2, 0.25) is 0 Å². The first kappa shape index (κ1) is 12.1. The van der Waals surface area contributed by atoms with Crippen molar-refractivity contribution in [2.24, 2.45) is 5.92 Å². The standard InChI is InChI=1S/C14H21NO2/c1-10(2)8-11(3)15-12-4-5-13-14(9-12)17-7-6-16-13/h4-5,9-11,15H,6-8H2,1-3H3. The Labute approximate surface area is 103 Å². The van der Waals surface area contributed by atoms with Gasteiger partial charge in [-0.05, 0) is 31.4 Å². The molecule has 3 heteroatoms. The summed E-state index contributed by atoms with van der Waals surface area (Å²) in [5.74, 6) is 2.39. The average Bonchev–Trinajstić information content (AvgIpc) is 2.27. The van der Waals surface area contributed by atoms with Gasteiger partial charge < -0.3 is 14.8 Å². The molecular formula is C14H21NO2. The lowest BCUT2D eigenvalue weighted by Crippen LogP contribution is -2.18. The highest BCUT2D eigenvalue weighted by Gasteiger charge is 2.12. The number of hydrogen-bond acceptors (Lipinski definition) is 3. The Balaban J connectivity index is 2.01. The summed E-state index contributed by atoms with van der Waals surface area (Å²) in [4.78, 5) is 0. The fourth-order valence-corrected chi connectivity index (χ4v) is 2.18. The van der Waals surface area contributed by atoms with Crippen molar-refractivity contribution in [2.75, 3.05) is 18.5 Å². The number of ether oxygens (including phenoxy) is 2. The molecule has 0 radical (unpaired) electrons. The van der Waals surface area contributed by atoms with Crippen molar-refractivity contribution in [3.63, 3.8) is 0 Å². The van der Waals surface area contributed by atoms with Gasteiger partial charge in [0.15, 0.2) is 11.5 Å². The molecule has 2 rings (SSSR count). The van der Waals surface area contributed by atoms with Crippen molar-refractivity contribution >= 4 is 5.69 Å². The maximum atomic E-state index is 5.56. The van der Waals surface area contributed by atoms with Crippen LogP contribution in [0.5, 0.6) is 11.5 Å². The number of benzene rings is 1. The molecule has 1 unspecified atom stereocenters. The van der Waals surface area contributed by atoms with Crippen molar-refractivity contribution in [1.29, 1.82) is 0 Å². The van der Waals surface area contributed by atoms with Gasteiger partial charge in [0, 0.05) is 17.8 Å². The van der Waals surface area contributed by atoms with E-state index in [9.17, 15) is 0 Å². The zero-order valence-corrected chi connectivity index (χ0v) is 10.8. The van der Waals surface area contributed by atoms with E-state index in [4.69, 9.17) is 9.47 Å². The Morgan fingerprint density at radius 1 is 1.12 bits per heavy atom.